The Hall–Kier alpha value is -1.10. The molecule has 1 aliphatic heterocycles. The first kappa shape index (κ1) is 13.3. The van der Waals surface area contributed by atoms with Gasteiger partial charge in [0.25, 0.3) is 0 Å². The van der Waals surface area contributed by atoms with Crippen molar-refractivity contribution in [3.63, 3.8) is 0 Å². The van der Waals surface area contributed by atoms with Crippen molar-refractivity contribution >= 4 is 22.4 Å². The van der Waals surface area contributed by atoms with E-state index in [1.54, 1.807) is 25.2 Å². The Morgan fingerprint density at radius 1 is 1.50 bits per heavy atom. The number of rotatable bonds is 3. The standard InChI is InChI=1S/C13H20N2O2S/c1-9-4-6-15(7-5-9)12-14-10(8-18-12)13(2,3)11(16)17/h8-9H,4-7H2,1-3H3,(H,16,17). The predicted octanol–water partition coefficient (Wildman–Crippen LogP) is 2.74. The highest BCUT2D eigenvalue weighted by molar-refractivity contribution is 7.13. The normalized spacial score (nSPS) is 18.1. The van der Waals surface area contributed by atoms with Gasteiger partial charge >= 0.3 is 5.97 Å². The van der Waals surface area contributed by atoms with Gasteiger partial charge in [0.1, 0.15) is 5.41 Å². The van der Waals surface area contributed by atoms with E-state index in [0.717, 1.165) is 24.1 Å². The minimum Gasteiger partial charge on any atom is -0.481 e. The second-order valence-electron chi connectivity index (χ2n) is 5.62. The van der Waals surface area contributed by atoms with Gasteiger partial charge in [-0.25, -0.2) is 4.98 Å². The van der Waals surface area contributed by atoms with Crippen LogP contribution in [0.1, 0.15) is 39.3 Å². The molecule has 0 amide bonds. The van der Waals surface area contributed by atoms with Crippen LogP contribution in [0.15, 0.2) is 5.38 Å². The molecule has 0 bridgehead atoms. The fraction of sp³-hybridized carbons (Fsp3) is 0.692. The third-order valence-electron chi connectivity index (χ3n) is 3.72. The van der Waals surface area contributed by atoms with Gasteiger partial charge in [-0.15, -0.1) is 11.3 Å². The van der Waals surface area contributed by atoms with E-state index in [0.29, 0.717) is 5.69 Å². The number of carboxylic acid groups (broad SMARTS) is 1. The molecule has 1 fully saturated rings. The molecular weight excluding hydrogens is 248 g/mol. The number of piperidine rings is 1. The highest BCUT2D eigenvalue weighted by Crippen LogP contribution is 2.31. The van der Waals surface area contributed by atoms with Crippen molar-refractivity contribution in [1.82, 2.24) is 4.98 Å². The monoisotopic (exact) mass is 268 g/mol. The zero-order valence-electron chi connectivity index (χ0n) is 11.1. The van der Waals surface area contributed by atoms with E-state index >= 15 is 0 Å². The van der Waals surface area contributed by atoms with E-state index in [-0.39, 0.29) is 0 Å². The maximum Gasteiger partial charge on any atom is 0.315 e. The molecule has 1 aromatic heterocycles. The molecule has 2 rings (SSSR count). The zero-order chi connectivity index (χ0) is 13.3. The Morgan fingerprint density at radius 2 is 2.11 bits per heavy atom. The van der Waals surface area contributed by atoms with Gasteiger partial charge in [-0.05, 0) is 32.6 Å². The molecular formula is C13H20N2O2S. The van der Waals surface area contributed by atoms with Crippen molar-refractivity contribution in [1.29, 1.82) is 0 Å². The highest BCUT2D eigenvalue weighted by atomic mass is 32.1. The van der Waals surface area contributed by atoms with E-state index in [4.69, 9.17) is 0 Å². The van der Waals surface area contributed by atoms with Gasteiger partial charge < -0.3 is 10.0 Å². The molecule has 0 radical (unpaired) electrons. The van der Waals surface area contributed by atoms with Gasteiger partial charge in [0.2, 0.25) is 0 Å². The molecule has 5 heteroatoms. The van der Waals surface area contributed by atoms with Crippen LogP contribution in [0.3, 0.4) is 0 Å². The molecule has 1 aliphatic rings. The molecule has 1 saturated heterocycles. The summed E-state index contributed by atoms with van der Waals surface area (Å²) in [7, 11) is 0. The molecule has 0 aromatic carbocycles. The van der Waals surface area contributed by atoms with E-state index in [1.807, 2.05) is 5.38 Å². The number of thiazole rings is 1. The van der Waals surface area contributed by atoms with Crippen LogP contribution in [0.25, 0.3) is 0 Å². The van der Waals surface area contributed by atoms with Crippen molar-refractivity contribution in [2.24, 2.45) is 5.92 Å². The lowest BCUT2D eigenvalue weighted by Crippen LogP contribution is -2.33. The Bertz CT molecular complexity index is 434. The minimum atomic E-state index is -0.905. The average Bonchev–Trinajstić information content (AvgIpc) is 2.79. The number of aromatic nitrogens is 1. The lowest BCUT2D eigenvalue weighted by Gasteiger charge is -2.30. The zero-order valence-corrected chi connectivity index (χ0v) is 12.0. The Kier molecular flexibility index (Phi) is 3.61. The molecule has 100 valence electrons. The highest BCUT2D eigenvalue weighted by Gasteiger charge is 2.32. The van der Waals surface area contributed by atoms with Gasteiger partial charge in [-0.2, -0.15) is 0 Å². The van der Waals surface area contributed by atoms with Crippen molar-refractivity contribution < 1.29 is 9.90 Å². The van der Waals surface area contributed by atoms with Crippen molar-refractivity contribution in [2.75, 3.05) is 18.0 Å². The van der Waals surface area contributed by atoms with Crippen LogP contribution in [0.4, 0.5) is 5.13 Å². The van der Waals surface area contributed by atoms with E-state index in [1.165, 1.54) is 12.8 Å². The molecule has 0 unspecified atom stereocenters. The van der Waals surface area contributed by atoms with Crippen molar-refractivity contribution in [3.05, 3.63) is 11.1 Å². The number of carbonyl (C=O) groups is 1. The van der Waals surface area contributed by atoms with Crippen LogP contribution in [0.2, 0.25) is 0 Å². The lowest BCUT2D eigenvalue weighted by atomic mass is 9.90. The second kappa shape index (κ2) is 4.88. The molecule has 0 aliphatic carbocycles. The number of hydrogen-bond donors (Lipinski definition) is 1. The smallest absolute Gasteiger partial charge is 0.315 e. The maximum atomic E-state index is 11.2. The summed E-state index contributed by atoms with van der Waals surface area (Å²) in [6.45, 7) is 7.74. The molecule has 2 heterocycles. The van der Waals surface area contributed by atoms with Gasteiger partial charge in [0.15, 0.2) is 5.13 Å². The van der Waals surface area contributed by atoms with Gasteiger partial charge in [-0.3, -0.25) is 4.79 Å². The first-order valence-electron chi connectivity index (χ1n) is 6.35. The number of hydrogen-bond acceptors (Lipinski definition) is 4. The summed E-state index contributed by atoms with van der Waals surface area (Å²) in [6, 6.07) is 0. The maximum absolute atomic E-state index is 11.2. The topological polar surface area (TPSA) is 53.4 Å². The summed E-state index contributed by atoms with van der Waals surface area (Å²) in [5, 5.41) is 12.0. The summed E-state index contributed by atoms with van der Waals surface area (Å²) < 4.78 is 0. The second-order valence-corrected chi connectivity index (χ2v) is 6.45. The average molecular weight is 268 g/mol. The molecule has 0 saturated carbocycles. The Labute approximate surface area is 112 Å². The first-order valence-corrected chi connectivity index (χ1v) is 7.23. The third-order valence-corrected chi connectivity index (χ3v) is 4.62. The van der Waals surface area contributed by atoms with Crippen molar-refractivity contribution in [2.45, 2.75) is 39.0 Å². The number of carboxylic acids is 1. The number of aliphatic carboxylic acids is 1. The molecule has 0 atom stereocenters. The molecule has 4 nitrogen and oxygen atoms in total. The quantitative estimate of drug-likeness (QED) is 0.916. The summed E-state index contributed by atoms with van der Waals surface area (Å²) >= 11 is 1.55. The van der Waals surface area contributed by atoms with Crippen molar-refractivity contribution in [3.8, 4) is 0 Å². The van der Waals surface area contributed by atoms with Gasteiger partial charge in [0, 0.05) is 18.5 Å². The SMILES string of the molecule is CC1CCN(c2nc(C(C)(C)C(=O)O)cs2)CC1. The van der Waals surface area contributed by atoms with Gasteiger partial charge in [0.05, 0.1) is 5.69 Å². The lowest BCUT2D eigenvalue weighted by molar-refractivity contribution is -0.142. The van der Waals surface area contributed by atoms with Crippen LogP contribution >= 0.6 is 11.3 Å². The van der Waals surface area contributed by atoms with Gasteiger partial charge in [-0.1, -0.05) is 6.92 Å². The fourth-order valence-electron chi connectivity index (χ4n) is 2.01. The van der Waals surface area contributed by atoms with Crippen LogP contribution in [-0.2, 0) is 10.2 Å². The minimum absolute atomic E-state index is 0.661. The third kappa shape index (κ3) is 2.51. The predicted molar refractivity (Wildman–Crippen MR) is 73.4 cm³/mol. The molecule has 1 aromatic rings. The van der Waals surface area contributed by atoms with Crippen LogP contribution in [0, 0.1) is 5.92 Å². The Balaban J connectivity index is 2.13. The first-order chi connectivity index (χ1) is 8.41. The largest absolute Gasteiger partial charge is 0.481 e. The van der Waals surface area contributed by atoms with E-state index in [2.05, 4.69) is 16.8 Å². The summed E-state index contributed by atoms with van der Waals surface area (Å²) in [5.41, 5.74) is -0.244. The van der Waals surface area contributed by atoms with Crippen LogP contribution < -0.4 is 4.90 Å². The molecule has 1 N–H and O–H groups in total. The number of nitrogens with zero attached hydrogens (tertiary/aromatic N) is 2. The number of anilines is 1. The van der Waals surface area contributed by atoms with Crippen LogP contribution in [0.5, 0.6) is 0 Å². The van der Waals surface area contributed by atoms with Crippen LogP contribution in [-0.4, -0.2) is 29.1 Å². The fourth-order valence-corrected chi connectivity index (χ4v) is 3.05. The van der Waals surface area contributed by atoms with E-state index in [9.17, 15) is 9.90 Å². The Morgan fingerprint density at radius 3 is 2.67 bits per heavy atom. The van der Waals surface area contributed by atoms with E-state index < -0.39 is 11.4 Å². The molecule has 0 spiro atoms. The summed E-state index contributed by atoms with van der Waals surface area (Å²) in [5.74, 6) is -0.0391. The summed E-state index contributed by atoms with van der Waals surface area (Å²) in [6.07, 6.45) is 2.38. The molecule has 18 heavy (non-hydrogen) atoms. The summed E-state index contributed by atoms with van der Waals surface area (Å²) in [4.78, 5) is 18.0.